The van der Waals surface area contributed by atoms with Gasteiger partial charge in [-0.3, -0.25) is 6.58 Å². The molecule has 0 unspecified atom stereocenters. The molecule has 0 amide bonds. The van der Waals surface area contributed by atoms with Gasteiger partial charge < -0.3 is 47.6 Å². The maximum Gasteiger partial charge on any atom is 4.00 e. The van der Waals surface area contributed by atoms with E-state index in [-0.39, 0.29) is 78.6 Å². The Hall–Kier alpha value is 1.35. The van der Waals surface area contributed by atoms with Crippen molar-refractivity contribution >= 4 is 88.6 Å². The van der Waals surface area contributed by atoms with E-state index >= 15 is 0 Å². The first-order valence-electron chi connectivity index (χ1n) is 19.5. The summed E-state index contributed by atoms with van der Waals surface area (Å²) in [5.74, 6) is 0. The SMILES string of the molecule is C[SiH].C[SiH].C[SiH].C[SiH].[CH-]=C.[CH2-]C[Si]C.[CH2-]C[Si]C.[CH2-]C[Si]C.[CH2-]C[Si]C.[CH2-]C[Si]C.[CH]1[CH][CH-]C=C1.[CH]1[CH][CH][CH-][CH]1.[Zr+4].[Zr+4].[Zr+4].c1cc[cH-]c1.c1cc[cH-]c1.c1cc[cH-]c1.c1cc[cH-]c1. The van der Waals surface area contributed by atoms with Crippen molar-refractivity contribution in [2.24, 2.45) is 0 Å². The van der Waals surface area contributed by atoms with Crippen molar-refractivity contribution in [1.82, 2.24) is 0 Å². The monoisotopic (exact) mass is 1220 g/mol. The second kappa shape index (κ2) is 144. The Bertz CT molecular complexity index is 688. The van der Waals surface area contributed by atoms with Gasteiger partial charge >= 0.3 is 78.6 Å². The fourth-order valence-electron chi connectivity index (χ4n) is 1.92. The minimum absolute atomic E-state index is 0. The summed E-state index contributed by atoms with van der Waals surface area (Å²) in [6.07, 6.45) is 20.0. The molecule has 0 N–H and O–H groups in total. The average molecular weight is 1220 g/mol. The molecule has 63 heavy (non-hydrogen) atoms. The van der Waals surface area contributed by atoms with Crippen molar-refractivity contribution in [2.75, 3.05) is 0 Å². The molecule has 1 fully saturated rings. The molecule has 336 valence electrons. The fraction of sp³-hybridized carbons (Fsp3) is 0.275. The average Bonchev–Trinajstić information content (AvgIpc) is 4.22. The Kier molecular flexibility index (Phi) is 224. The number of hydrogen-bond acceptors (Lipinski definition) is 0. The van der Waals surface area contributed by atoms with Crippen LogP contribution in [-0.2, 0) is 78.6 Å². The first-order chi connectivity index (χ1) is 29.6. The molecule has 0 aromatic heterocycles. The Balaban J connectivity index is -0.0000000388. The van der Waals surface area contributed by atoms with E-state index in [2.05, 4.69) is 121 Å². The molecule has 0 saturated heterocycles. The van der Waals surface area contributed by atoms with Crippen LogP contribution in [0, 0.1) is 92.6 Å². The van der Waals surface area contributed by atoms with Crippen LogP contribution < -0.4 is 0 Å². The molecule has 24 radical (unpaired) electrons. The van der Waals surface area contributed by atoms with Gasteiger partial charge in [0.25, 0.3) is 0 Å². The van der Waals surface area contributed by atoms with Crippen LogP contribution in [0.4, 0.5) is 0 Å². The summed E-state index contributed by atoms with van der Waals surface area (Å²) in [6.45, 7) is 43.5. The van der Waals surface area contributed by atoms with Crippen molar-refractivity contribution < 1.29 is 78.6 Å². The van der Waals surface area contributed by atoms with Gasteiger partial charge in [-0.15, -0.1) is 12.8 Å². The molecule has 0 atom stereocenters. The number of allylic oxidation sites excluding steroid dienone is 2. The Morgan fingerprint density at radius 3 is 0.603 bits per heavy atom. The number of hydrogen-bond donors (Lipinski definition) is 0. The van der Waals surface area contributed by atoms with Crippen molar-refractivity contribution in [2.45, 2.75) is 89.1 Å². The fourth-order valence-corrected chi connectivity index (χ4v) is 1.92. The van der Waals surface area contributed by atoms with Gasteiger partial charge in [0.05, 0.1) is 0 Å². The van der Waals surface area contributed by atoms with E-state index in [0.29, 0.717) is 0 Å². The maximum atomic E-state index is 4.25. The topological polar surface area (TPSA) is 0 Å². The summed E-state index contributed by atoms with van der Waals surface area (Å²) >= 11 is 0. The molecular weight excluding hydrogens is 1140 g/mol. The van der Waals surface area contributed by atoms with Crippen LogP contribution in [0.2, 0.25) is 89.1 Å². The third kappa shape index (κ3) is 180. The van der Waals surface area contributed by atoms with Crippen molar-refractivity contribution in [1.29, 1.82) is 0 Å². The molecule has 2 aliphatic rings. The van der Waals surface area contributed by atoms with Crippen LogP contribution in [0.1, 0.15) is 0 Å². The second-order valence-corrected chi connectivity index (χ2v) is 14.8. The minimum Gasteiger partial charge on any atom is -0.521 e. The predicted octanol–water partition coefficient (Wildman–Crippen LogP) is 13.1. The molecule has 12 heteroatoms. The van der Waals surface area contributed by atoms with Crippen LogP contribution in [-0.4, -0.2) is 88.6 Å². The Morgan fingerprint density at radius 2 is 0.556 bits per heavy atom. The van der Waals surface area contributed by atoms with E-state index in [1.165, 1.54) is 0 Å². The molecular formula is C51H84Si9Zr3. The van der Waals surface area contributed by atoms with Crippen LogP contribution in [0.25, 0.3) is 0 Å². The smallest absolute Gasteiger partial charge is 0.521 e. The Labute approximate surface area is 483 Å². The van der Waals surface area contributed by atoms with Gasteiger partial charge in [-0.05, 0) is 0 Å². The predicted molar refractivity (Wildman–Crippen MR) is 303 cm³/mol. The molecule has 0 bridgehead atoms. The first kappa shape index (κ1) is 97.9. The third-order valence-electron chi connectivity index (χ3n) is 4.58. The Morgan fingerprint density at radius 1 is 0.381 bits per heavy atom. The van der Waals surface area contributed by atoms with Crippen LogP contribution in [0.15, 0.2) is 140 Å². The van der Waals surface area contributed by atoms with E-state index in [1.807, 2.05) is 211 Å². The standard InChI is InChI=1S/6C5H5.5C3H7Si.C2H3.4CH4Si.3Zr/c6*1-2-4-5-3-1;5*1-3-4-2;5*1-2;;;/h6*1-5H;5*1,3H2,2H3;1H,2H2;4*2H,1H3;;;/q12*-1;;;;;3*+4. The summed E-state index contributed by atoms with van der Waals surface area (Å²) in [4.78, 5) is 0. The molecule has 6 rings (SSSR count). The summed E-state index contributed by atoms with van der Waals surface area (Å²) in [5.41, 5.74) is 0. The summed E-state index contributed by atoms with van der Waals surface area (Å²) in [6, 6.07) is 45.5. The summed E-state index contributed by atoms with van der Waals surface area (Å²) in [7, 11) is 14.8. The van der Waals surface area contributed by atoms with Crippen LogP contribution >= 0.6 is 0 Å². The molecule has 4 aromatic rings. The van der Waals surface area contributed by atoms with Gasteiger partial charge in [0.15, 0.2) is 0 Å². The summed E-state index contributed by atoms with van der Waals surface area (Å²) in [5, 5.41) is 0. The van der Waals surface area contributed by atoms with Crippen molar-refractivity contribution in [3.8, 4) is 0 Å². The maximum absolute atomic E-state index is 4.25. The molecule has 0 aliphatic heterocycles. The van der Waals surface area contributed by atoms with Crippen LogP contribution in [0.3, 0.4) is 0 Å². The second-order valence-electron chi connectivity index (χ2n) is 8.79. The van der Waals surface area contributed by atoms with Gasteiger partial charge in [-0.1, -0.05) is 71.8 Å². The van der Waals surface area contributed by atoms with E-state index in [1.54, 1.807) is 0 Å². The zero-order chi connectivity index (χ0) is 48.3. The van der Waals surface area contributed by atoms with Gasteiger partial charge in [-0.2, -0.15) is 116 Å². The van der Waals surface area contributed by atoms with Crippen molar-refractivity contribution in [3.05, 3.63) is 233 Å². The van der Waals surface area contributed by atoms with E-state index in [4.69, 9.17) is 0 Å². The van der Waals surface area contributed by atoms with Gasteiger partial charge in [0.1, 0.15) is 0 Å². The molecule has 0 nitrogen and oxygen atoms in total. The van der Waals surface area contributed by atoms with E-state index < -0.39 is 0 Å². The van der Waals surface area contributed by atoms with Gasteiger partial charge in [0, 0.05) is 88.6 Å². The normalized spacial score (nSPS) is 8.79. The molecule has 1 saturated carbocycles. The molecule has 0 spiro atoms. The number of rotatable bonds is 5. The van der Waals surface area contributed by atoms with Crippen molar-refractivity contribution in [3.63, 3.8) is 0 Å². The zero-order valence-corrected chi connectivity index (χ0v) is 58.0. The third-order valence-corrected chi connectivity index (χ3v) is 7.08. The molecule has 4 aromatic carbocycles. The van der Waals surface area contributed by atoms with Gasteiger partial charge in [-0.25, -0.2) is 67.1 Å². The molecule has 2 aliphatic carbocycles. The first-order valence-corrected chi connectivity index (χ1v) is 32.6. The van der Waals surface area contributed by atoms with Crippen LogP contribution in [0.5, 0.6) is 0 Å². The largest absolute Gasteiger partial charge is 4.00 e. The zero-order valence-electron chi connectivity index (χ0n) is 41.0. The van der Waals surface area contributed by atoms with Gasteiger partial charge in [0.2, 0.25) is 0 Å². The molecule has 0 heterocycles. The quantitative estimate of drug-likeness (QED) is 0.138. The summed E-state index contributed by atoms with van der Waals surface area (Å²) < 4.78 is 0. The minimum atomic E-state index is 0. The van der Waals surface area contributed by atoms with E-state index in [0.717, 1.165) is 77.8 Å². The van der Waals surface area contributed by atoms with E-state index in [9.17, 15) is 0 Å².